The van der Waals surface area contributed by atoms with Crippen molar-refractivity contribution in [3.63, 3.8) is 0 Å². The Bertz CT molecular complexity index is 1100. The van der Waals surface area contributed by atoms with Crippen molar-refractivity contribution in [2.45, 2.75) is 38.5 Å². The minimum atomic E-state index is -4.36. The molecule has 10 heteroatoms. The minimum absolute atomic E-state index is 0.131. The number of rotatable bonds is 9. The Morgan fingerprint density at radius 1 is 1.12 bits per heavy atom. The van der Waals surface area contributed by atoms with E-state index in [0.29, 0.717) is 28.2 Å². The summed E-state index contributed by atoms with van der Waals surface area (Å²) in [6, 6.07) is 8.80. The number of nitrogens with zero attached hydrogens (tertiary/aromatic N) is 2. The van der Waals surface area contributed by atoms with Gasteiger partial charge in [0.2, 0.25) is 0 Å². The molecular weight excluding hydrogens is 457 g/mol. The van der Waals surface area contributed by atoms with Gasteiger partial charge in [-0.3, -0.25) is 10.0 Å². The number of alkyl halides is 3. The van der Waals surface area contributed by atoms with Crippen LogP contribution in [0.5, 0.6) is 11.5 Å². The molecular formula is C23H23F3N2O4S. The van der Waals surface area contributed by atoms with Crippen molar-refractivity contribution in [3.8, 4) is 22.8 Å². The highest BCUT2D eigenvalue weighted by molar-refractivity contribution is 7.09. The highest BCUT2D eigenvalue weighted by Gasteiger charge is 2.30. The molecule has 0 unspecified atom stereocenters. The molecule has 0 atom stereocenters. The Labute approximate surface area is 193 Å². The topological polar surface area (TPSA) is 64.1 Å². The van der Waals surface area contributed by atoms with Crippen LogP contribution in [0.3, 0.4) is 0 Å². The van der Waals surface area contributed by atoms with Gasteiger partial charge in [0, 0.05) is 16.5 Å². The first-order valence-electron chi connectivity index (χ1n) is 10.3. The zero-order valence-electron chi connectivity index (χ0n) is 18.1. The maximum atomic E-state index is 12.8. The molecule has 1 aromatic heterocycles. The van der Waals surface area contributed by atoms with Crippen LogP contribution < -0.4 is 9.47 Å². The van der Waals surface area contributed by atoms with E-state index in [9.17, 15) is 18.4 Å². The van der Waals surface area contributed by atoms with Crippen LogP contribution in [-0.2, 0) is 17.6 Å². The molecule has 0 bridgehead atoms. The molecule has 1 heterocycles. The average Bonchev–Trinajstić information content (AvgIpc) is 3.53. The number of hydroxylamine groups is 2. The summed E-state index contributed by atoms with van der Waals surface area (Å²) in [6.07, 6.45) is -2.23. The maximum Gasteiger partial charge on any atom is 0.416 e. The van der Waals surface area contributed by atoms with E-state index in [1.807, 2.05) is 24.4 Å². The van der Waals surface area contributed by atoms with Gasteiger partial charge in [-0.2, -0.15) is 13.2 Å². The Kier molecular flexibility index (Phi) is 6.89. The molecule has 1 aliphatic carbocycles. The molecule has 1 N–H and O–H groups in total. The lowest BCUT2D eigenvalue weighted by Gasteiger charge is -2.17. The number of halogens is 3. The molecule has 176 valence electrons. The lowest BCUT2D eigenvalue weighted by Crippen LogP contribution is -2.23. The highest BCUT2D eigenvalue weighted by atomic mass is 32.1. The van der Waals surface area contributed by atoms with E-state index in [1.165, 1.54) is 30.6 Å². The molecule has 6 nitrogen and oxygen atoms in total. The third-order valence-electron chi connectivity index (χ3n) is 5.28. The largest absolute Gasteiger partial charge is 0.486 e. The molecule has 0 spiro atoms. The predicted octanol–water partition coefficient (Wildman–Crippen LogP) is 6.18. The van der Waals surface area contributed by atoms with E-state index < -0.39 is 11.7 Å². The van der Waals surface area contributed by atoms with Gasteiger partial charge < -0.3 is 9.47 Å². The van der Waals surface area contributed by atoms with E-state index in [-0.39, 0.29) is 13.3 Å². The van der Waals surface area contributed by atoms with Crippen molar-refractivity contribution < 1.29 is 32.7 Å². The fraction of sp³-hybridized carbons (Fsp3) is 0.348. The van der Waals surface area contributed by atoms with Crippen LogP contribution >= 0.6 is 11.3 Å². The first-order valence-corrected chi connectivity index (χ1v) is 11.1. The molecule has 0 radical (unpaired) electrons. The molecule has 33 heavy (non-hydrogen) atoms. The lowest BCUT2D eigenvalue weighted by molar-refractivity contribution is -0.347. The van der Waals surface area contributed by atoms with Crippen LogP contribution in [0.15, 0.2) is 41.8 Å². The number of thiazole rings is 1. The highest BCUT2D eigenvalue weighted by Crippen LogP contribution is 2.46. The van der Waals surface area contributed by atoms with Gasteiger partial charge in [0.25, 0.3) is 0 Å². The summed E-state index contributed by atoms with van der Waals surface area (Å²) in [5, 5.41) is 12.5. The van der Waals surface area contributed by atoms with Gasteiger partial charge in [-0.25, -0.2) is 4.98 Å². The van der Waals surface area contributed by atoms with Crippen molar-refractivity contribution in [1.82, 2.24) is 10.2 Å². The summed E-state index contributed by atoms with van der Waals surface area (Å²) >= 11 is 1.39. The van der Waals surface area contributed by atoms with E-state index in [4.69, 9.17) is 9.47 Å². The Morgan fingerprint density at radius 2 is 1.85 bits per heavy atom. The monoisotopic (exact) mass is 480 g/mol. The van der Waals surface area contributed by atoms with Gasteiger partial charge in [-0.05, 0) is 60.7 Å². The molecule has 0 aliphatic heterocycles. The summed E-state index contributed by atoms with van der Waals surface area (Å²) in [5.74, 6) is 1.79. The van der Waals surface area contributed by atoms with E-state index in [0.717, 1.165) is 46.9 Å². The van der Waals surface area contributed by atoms with E-state index in [2.05, 4.69) is 9.82 Å². The SMILES string of the molecule is CON(O)COc1cc(C2CC2)c(OCc2nc(-c3ccc(C(F)(F)F)cc3)cs2)cc1C. The fourth-order valence-corrected chi connectivity index (χ4v) is 4.04. The second kappa shape index (κ2) is 9.68. The Morgan fingerprint density at radius 3 is 2.48 bits per heavy atom. The van der Waals surface area contributed by atoms with Crippen molar-refractivity contribution in [3.05, 3.63) is 63.5 Å². The van der Waals surface area contributed by atoms with E-state index in [1.54, 1.807) is 0 Å². The summed E-state index contributed by atoms with van der Waals surface area (Å²) in [5.41, 5.74) is 2.44. The first-order chi connectivity index (χ1) is 15.7. The molecule has 1 fully saturated rings. The Hall–Kier alpha value is -2.66. The van der Waals surface area contributed by atoms with Gasteiger partial charge in [0.15, 0.2) is 6.73 Å². The summed E-state index contributed by atoms with van der Waals surface area (Å²) < 4.78 is 50.0. The number of benzene rings is 2. The molecule has 4 rings (SSSR count). The normalized spacial score (nSPS) is 14.0. The minimum Gasteiger partial charge on any atom is -0.486 e. The van der Waals surface area contributed by atoms with Crippen LogP contribution in [0.4, 0.5) is 13.2 Å². The smallest absolute Gasteiger partial charge is 0.416 e. The second-order valence-electron chi connectivity index (χ2n) is 7.73. The average molecular weight is 481 g/mol. The quantitative estimate of drug-likeness (QED) is 0.291. The van der Waals surface area contributed by atoms with Gasteiger partial charge in [-0.15, -0.1) is 11.3 Å². The van der Waals surface area contributed by atoms with Crippen LogP contribution in [0, 0.1) is 6.92 Å². The van der Waals surface area contributed by atoms with Crippen LogP contribution in [-0.4, -0.2) is 29.3 Å². The predicted molar refractivity (Wildman–Crippen MR) is 116 cm³/mol. The number of aryl methyl sites for hydroxylation is 1. The molecule has 2 aromatic carbocycles. The van der Waals surface area contributed by atoms with Crippen molar-refractivity contribution in [2.75, 3.05) is 13.8 Å². The van der Waals surface area contributed by atoms with Crippen LogP contribution in [0.1, 0.15) is 40.5 Å². The fourth-order valence-electron chi connectivity index (χ4n) is 3.33. The van der Waals surface area contributed by atoms with Crippen molar-refractivity contribution in [2.24, 2.45) is 0 Å². The summed E-state index contributed by atoms with van der Waals surface area (Å²) in [6.45, 7) is 2.01. The third kappa shape index (κ3) is 5.83. The standard InChI is InChI=1S/C23H23F3N2O4S/c1-14-9-21(18(15-3-4-15)10-20(14)32-13-28(29)30-2)31-11-22-27-19(12-33-22)16-5-7-17(8-6-16)23(24,25)26/h5-10,12,15,29H,3-4,11,13H2,1-2H3. The van der Waals surface area contributed by atoms with Crippen molar-refractivity contribution in [1.29, 1.82) is 0 Å². The number of ether oxygens (including phenoxy) is 2. The molecule has 1 aliphatic rings. The van der Waals surface area contributed by atoms with E-state index >= 15 is 0 Å². The Balaban J connectivity index is 1.45. The first kappa shape index (κ1) is 23.5. The van der Waals surface area contributed by atoms with Gasteiger partial charge >= 0.3 is 6.18 Å². The number of hydrogen-bond acceptors (Lipinski definition) is 7. The zero-order valence-corrected chi connectivity index (χ0v) is 18.9. The van der Waals surface area contributed by atoms with Crippen molar-refractivity contribution >= 4 is 11.3 Å². The maximum absolute atomic E-state index is 12.8. The molecule has 0 amide bonds. The zero-order chi connectivity index (χ0) is 23.6. The number of aromatic nitrogens is 1. The second-order valence-corrected chi connectivity index (χ2v) is 8.67. The van der Waals surface area contributed by atoms with Crippen LogP contribution in [0.2, 0.25) is 0 Å². The van der Waals surface area contributed by atoms with Gasteiger partial charge in [0.1, 0.15) is 23.1 Å². The summed E-state index contributed by atoms with van der Waals surface area (Å²) in [7, 11) is 1.34. The van der Waals surface area contributed by atoms with Crippen LogP contribution in [0.25, 0.3) is 11.3 Å². The lowest BCUT2D eigenvalue weighted by atomic mass is 10.1. The van der Waals surface area contributed by atoms with Gasteiger partial charge in [0.05, 0.1) is 18.4 Å². The molecule has 1 saturated carbocycles. The molecule has 3 aromatic rings. The molecule has 0 saturated heterocycles. The number of hydrogen-bond donors (Lipinski definition) is 1. The summed E-state index contributed by atoms with van der Waals surface area (Å²) in [4.78, 5) is 9.17. The third-order valence-corrected chi connectivity index (χ3v) is 6.10. The van der Waals surface area contributed by atoms with Gasteiger partial charge in [-0.1, -0.05) is 12.1 Å².